The molecule has 0 spiro atoms. The van der Waals surface area contributed by atoms with Gasteiger partial charge >= 0.3 is 0 Å². The van der Waals surface area contributed by atoms with Gasteiger partial charge in [0, 0.05) is 30.7 Å². The Hall–Kier alpha value is -2.51. The Labute approximate surface area is 169 Å². The van der Waals surface area contributed by atoms with Crippen LogP contribution >= 0.6 is 11.3 Å². The number of hydrogen-bond donors (Lipinski definition) is 1. The van der Waals surface area contributed by atoms with Gasteiger partial charge in [0.1, 0.15) is 0 Å². The Morgan fingerprint density at radius 2 is 2.11 bits per heavy atom. The minimum absolute atomic E-state index is 0.111. The van der Waals surface area contributed by atoms with Crippen LogP contribution in [0.3, 0.4) is 0 Å². The highest BCUT2D eigenvalue weighted by Gasteiger charge is 2.28. The molecule has 146 valence electrons. The van der Waals surface area contributed by atoms with Crippen molar-refractivity contribution in [1.29, 1.82) is 0 Å². The second-order valence-corrected chi connectivity index (χ2v) is 8.05. The van der Waals surface area contributed by atoms with E-state index in [2.05, 4.69) is 33.7 Å². The van der Waals surface area contributed by atoms with Crippen LogP contribution in [-0.4, -0.2) is 32.1 Å². The van der Waals surface area contributed by atoms with Crippen molar-refractivity contribution in [3.8, 4) is 0 Å². The molecule has 1 aromatic carbocycles. The number of benzene rings is 1. The van der Waals surface area contributed by atoms with Crippen LogP contribution in [0.1, 0.15) is 53.1 Å². The molecule has 3 aromatic rings. The Morgan fingerprint density at radius 1 is 1.29 bits per heavy atom. The molecule has 1 aliphatic rings. The summed E-state index contributed by atoms with van der Waals surface area (Å²) in [5, 5.41) is 10.2. The van der Waals surface area contributed by atoms with Gasteiger partial charge < -0.3 is 0 Å². The zero-order valence-corrected chi connectivity index (χ0v) is 17.1. The van der Waals surface area contributed by atoms with Gasteiger partial charge in [-0.25, -0.2) is 4.98 Å². The summed E-state index contributed by atoms with van der Waals surface area (Å²) < 4.78 is 1.84. The molecule has 1 fully saturated rings. The number of amides is 1. The van der Waals surface area contributed by atoms with E-state index >= 15 is 0 Å². The fourth-order valence-electron chi connectivity index (χ4n) is 3.66. The maximum atomic E-state index is 12.5. The molecule has 1 aliphatic heterocycles. The van der Waals surface area contributed by atoms with E-state index in [1.165, 1.54) is 16.9 Å². The number of anilines is 1. The first kappa shape index (κ1) is 18.8. The fraction of sp³-hybridized carbons (Fsp3) is 0.381. The molecule has 2 aromatic heterocycles. The molecule has 28 heavy (non-hydrogen) atoms. The molecule has 1 saturated heterocycles. The molecular formula is C21H25N5OS. The van der Waals surface area contributed by atoms with Crippen LogP contribution in [0.4, 0.5) is 5.13 Å². The van der Waals surface area contributed by atoms with E-state index < -0.39 is 0 Å². The van der Waals surface area contributed by atoms with Gasteiger partial charge in [0.15, 0.2) is 5.13 Å². The number of thiazole rings is 1. The lowest BCUT2D eigenvalue weighted by atomic mass is 10.1. The zero-order valence-electron chi connectivity index (χ0n) is 16.3. The fourth-order valence-corrected chi connectivity index (χ4v) is 4.42. The molecule has 4 rings (SSSR count). The van der Waals surface area contributed by atoms with Crippen LogP contribution < -0.4 is 5.32 Å². The van der Waals surface area contributed by atoms with E-state index in [9.17, 15) is 4.79 Å². The van der Waals surface area contributed by atoms with Crippen molar-refractivity contribution in [2.75, 3.05) is 11.9 Å². The first-order chi connectivity index (χ1) is 13.6. The molecule has 0 unspecified atom stereocenters. The van der Waals surface area contributed by atoms with Crippen molar-refractivity contribution in [3.05, 3.63) is 64.4 Å². The summed E-state index contributed by atoms with van der Waals surface area (Å²) in [6, 6.07) is 10.1. The molecule has 1 atom stereocenters. The SMILES string of the molecule is CCc1ccc(C(=O)Nc2nc([C@H]3CCCN3Cc3ccn(C)n3)cs2)cc1. The standard InChI is InChI=1S/C21H25N5OS/c1-3-15-6-8-16(9-7-15)20(27)23-21-22-18(14-28-21)19-5-4-11-26(19)13-17-10-12-25(2)24-17/h6-10,12,14,19H,3-5,11,13H2,1-2H3,(H,22,23,27)/t19-/m1/s1. The predicted octanol–water partition coefficient (Wildman–Crippen LogP) is 4.03. The van der Waals surface area contributed by atoms with E-state index in [4.69, 9.17) is 4.98 Å². The summed E-state index contributed by atoms with van der Waals surface area (Å²) in [4.78, 5) is 19.6. The van der Waals surface area contributed by atoms with Gasteiger partial charge in [-0.05, 0) is 49.6 Å². The minimum Gasteiger partial charge on any atom is -0.298 e. The molecule has 6 nitrogen and oxygen atoms in total. The molecule has 0 bridgehead atoms. The molecule has 3 heterocycles. The van der Waals surface area contributed by atoms with E-state index in [-0.39, 0.29) is 11.9 Å². The van der Waals surface area contributed by atoms with Gasteiger partial charge in [0.2, 0.25) is 0 Å². The zero-order chi connectivity index (χ0) is 19.5. The molecule has 0 aliphatic carbocycles. The Balaban J connectivity index is 1.42. The lowest BCUT2D eigenvalue weighted by Gasteiger charge is -2.21. The van der Waals surface area contributed by atoms with Gasteiger partial charge in [-0.2, -0.15) is 5.10 Å². The van der Waals surface area contributed by atoms with E-state index in [1.807, 2.05) is 42.2 Å². The summed E-state index contributed by atoms with van der Waals surface area (Å²) >= 11 is 1.49. The lowest BCUT2D eigenvalue weighted by Crippen LogP contribution is -2.23. The summed E-state index contributed by atoms with van der Waals surface area (Å²) in [6.07, 6.45) is 5.18. The molecular weight excluding hydrogens is 370 g/mol. The number of nitrogens with zero attached hydrogens (tertiary/aromatic N) is 4. The molecule has 0 radical (unpaired) electrons. The molecule has 1 amide bonds. The maximum absolute atomic E-state index is 12.5. The predicted molar refractivity (Wildman–Crippen MR) is 111 cm³/mol. The quantitative estimate of drug-likeness (QED) is 0.684. The maximum Gasteiger partial charge on any atom is 0.257 e. The van der Waals surface area contributed by atoms with E-state index in [1.54, 1.807) is 0 Å². The van der Waals surface area contributed by atoms with Crippen LogP contribution in [0, 0.1) is 0 Å². The largest absolute Gasteiger partial charge is 0.298 e. The average Bonchev–Trinajstić information content (AvgIpc) is 3.44. The lowest BCUT2D eigenvalue weighted by molar-refractivity contribution is 0.102. The Morgan fingerprint density at radius 3 is 2.82 bits per heavy atom. The Bertz CT molecular complexity index is 946. The van der Waals surface area contributed by atoms with Gasteiger partial charge in [0.05, 0.1) is 17.4 Å². The summed E-state index contributed by atoms with van der Waals surface area (Å²) in [7, 11) is 1.94. The van der Waals surface area contributed by atoms with Crippen LogP contribution in [0.25, 0.3) is 0 Å². The van der Waals surface area contributed by atoms with Crippen molar-refractivity contribution < 1.29 is 4.79 Å². The number of likely N-dealkylation sites (tertiary alicyclic amines) is 1. The minimum atomic E-state index is -0.111. The van der Waals surface area contributed by atoms with E-state index in [0.29, 0.717) is 10.7 Å². The van der Waals surface area contributed by atoms with Crippen LogP contribution in [0.15, 0.2) is 41.9 Å². The van der Waals surface area contributed by atoms with Crippen LogP contribution in [0.2, 0.25) is 0 Å². The van der Waals surface area contributed by atoms with Gasteiger partial charge in [0.25, 0.3) is 5.91 Å². The van der Waals surface area contributed by atoms with Crippen molar-refractivity contribution in [1.82, 2.24) is 19.7 Å². The number of aryl methyl sites for hydroxylation is 2. The normalized spacial score (nSPS) is 17.1. The highest BCUT2D eigenvalue weighted by Crippen LogP contribution is 2.34. The number of aromatic nitrogens is 3. The topological polar surface area (TPSA) is 63.1 Å². The smallest absolute Gasteiger partial charge is 0.257 e. The van der Waals surface area contributed by atoms with Crippen molar-refractivity contribution in [2.45, 2.75) is 38.8 Å². The third-order valence-corrected chi connectivity index (χ3v) is 5.98. The third kappa shape index (κ3) is 4.15. The molecule has 1 N–H and O–H groups in total. The van der Waals surface area contributed by atoms with Gasteiger partial charge in [-0.3, -0.25) is 19.7 Å². The Kier molecular flexibility index (Phi) is 5.54. The van der Waals surface area contributed by atoms with Crippen LogP contribution in [0.5, 0.6) is 0 Å². The third-order valence-electron chi connectivity index (χ3n) is 5.21. The summed E-state index contributed by atoms with van der Waals surface area (Å²) in [6.45, 7) is 3.98. The van der Waals surface area contributed by atoms with E-state index in [0.717, 1.165) is 43.7 Å². The number of hydrogen-bond acceptors (Lipinski definition) is 5. The number of nitrogens with one attached hydrogen (secondary N) is 1. The number of rotatable bonds is 6. The second-order valence-electron chi connectivity index (χ2n) is 7.19. The van der Waals surface area contributed by atoms with Crippen LogP contribution in [-0.2, 0) is 20.0 Å². The van der Waals surface area contributed by atoms with Crippen molar-refractivity contribution in [3.63, 3.8) is 0 Å². The number of carbonyl (C=O) groups is 1. The first-order valence-corrected chi connectivity index (χ1v) is 10.6. The second kappa shape index (κ2) is 8.24. The highest BCUT2D eigenvalue weighted by molar-refractivity contribution is 7.14. The van der Waals surface area contributed by atoms with Crippen molar-refractivity contribution in [2.24, 2.45) is 7.05 Å². The molecule has 0 saturated carbocycles. The van der Waals surface area contributed by atoms with Gasteiger partial charge in [-0.1, -0.05) is 19.1 Å². The molecule has 7 heteroatoms. The summed E-state index contributed by atoms with van der Waals surface area (Å²) in [5.41, 5.74) is 4.00. The first-order valence-electron chi connectivity index (χ1n) is 9.70. The number of carbonyl (C=O) groups excluding carboxylic acids is 1. The highest BCUT2D eigenvalue weighted by atomic mass is 32.1. The summed E-state index contributed by atoms with van der Waals surface area (Å²) in [5.74, 6) is -0.111. The van der Waals surface area contributed by atoms with Gasteiger partial charge in [-0.15, -0.1) is 11.3 Å². The monoisotopic (exact) mass is 395 g/mol. The van der Waals surface area contributed by atoms with Crippen molar-refractivity contribution >= 4 is 22.4 Å². The average molecular weight is 396 g/mol.